The number of hydrogen-bond acceptors (Lipinski definition) is 3. The van der Waals surface area contributed by atoms with E-state index in [2.05, 4.69) is 5.32 Å². The quantitative estimate of drug-likeness (QED) is 0.909. The number of benzene rings is 1. The van der Waals surface area contributed by atoms with Crippen LogP contribution in [0.5, 0.6) is 5.75 Å². The van der Waals surface area contributed by atoms with Crippen molar-refractivity contribution in [3.8, 4) is 5.75 Å². The number of likely N-dealkylation sites (tertiary alicyclic amines) is 2. The van der Waals surface area contributed by atoms with Crippen LogP contribution in [0.3, 0.4) is 0 Å². The van der Waals surface area contributed by atoms with Crippen molar-refractivity contribution in [1.29, 1.82) is 0 Å². The summed E-state index contributed by atoms with van der Waals surface area (Å²) in [7, 11) is 1.81. The number of para-hydroxylation sites is 1. The molecule has 2 atom stereocenters. The minimum absolute atomic E-state index is 0.00981. The van der Waals surface area contributed by atoms with E-state index < -0.39 is 5.60 Å². The monoisotopic (exact) mass is 345 g/mol. The average Bonchev–Trinajstić information content (AvgIpc) is 2.88. The topological polar surface area (TPSA) is 61.9 Å². The van der Waals surface area contributed by atoms with Crippen molar-refractivity contribution in [2.75, 3.05) is 26.7 Å². The first-order valence-corrected chi connectivity index (χ1v) is 8.91. The molecule has 136 valence electrons. The van der Waals surface area contributed by atoms with Gasteiger partial charge in [0.15, 0.2) is 0 Å². The number of piperidine rings is 1. The number of carbonyl (C=O) groups is 2. The number of ether oxygens (including phenoxy) is 1. The molecular formula is C19H27N3O3. The highest BCUT2D eigenvalue weighted by molar-refractivity contribution is 5.84. The number of nitrogens with zero attached hydrogens (tertiary/aromatic N) is 2. The molecule has 1 aromatic rings. The van der Waals surface area contributed by atoms with Crippen LogP contribution >= 0.6 is 0 Å². The number of nitrogens with one attached hydrogen (secondary N) is 1. The Hall–Kier alpha value is -2.24. The van der Waals surface area contributed by atoms with Gasteiger partial charge in [0.2, 0.25) is 5.91 Å². The van der Waals surface area contributed by atoms with E-state index in [1.165, 1.54) is 0 Å². The van der Waals surface area contributed by atoms with Gasteiger partial charge in [0, 0.05) is 20.1 Å². The molecule has 25 heavy (non-hydrogen) atoms. The molecular weight excluding hydrogens is 318 g/mol. The molecule has 0 aromatic heterocycles. The highest BCUT2D eigenvalue weighted by Crippen LogP contribution is 2.31. The molecule has 1 aromatic carbocycles. The van der Waals surface area contributed by atoms with Crippen LogP contribution in [0.2, 0.25) is 0 Å². The van der Waals surface area contributed by atoms with Gasteiger partial charge in [-0.3, -0.25) is 4.79 Å². The van der Waals surface area contributed by atoms with Crippen LogP contribution in [-0.2, 0) is 4.79 Å². The van der Waals surface area contributed by atoms with Crippen LogP contribution in [0, 0.1) is 5.92 Å². The van der Waals surface area contributed by atoms with Gasteiger partial charge in [0.25, 0.3) is 0 Å². The first-order chi connectivity index (χ1) is 11.9. The minimum atomic E-state index is -0.519. The maximum absolute atomic E-state index is 12.7. The molecule has 0 spiro atoms. The lowest BCUT2D eigenvalue weighted by Gasteiger charge is -2.36. The first-order valence-electron chi connectivity index (χ1n) is 8.91. The number of amides is 3. The van der Waals surface area contributed by atoms with Crippen LogP contribution in [0.4, 0.5) is 4.79 Å². The lowest BCUT2D eigenvalue weighted by Crippen LogP contribution is -2.54. The van der Waals surface area contributed by atoms with Gasteiger partial charge < -0.3 is 19.9 Å². The van der Waals surface area contributed by atoms with Crippen molar-refractivity contribution >= 4 is 11.9 Å². The minimum Gasteiger partial charge on any atom is -0.486 e. The highest BCUT2D eigenvalue weighted by atomic mass is 16.5. The lowest BCUT2D eigenvalue weighted by atomic mass is 9.92. The van der Waals surface area contributed by atoms with E-state index in [-0.39, 0.29) is 23.9 Å². The van der Waals surface area contributed by atoms with Crippen LogP contribution in [0.25, 0.3) is 0 Å². The SMILES string of the molecule is CN1C[C@@H]2[C@@H](CCCN2C(=O)NCC(C)(C)Oc2ccccc2)C1=O. The van der Waals surface area contributed by atoms with Crippen LogP contribution in [0.15, 0.2) is 30.3 Å². The Morgan fingerprint density at radius 3 is 2.76 bits per heavy atom. The van der Waals surface area contributed by atoms with Gasteiger partial charge in [0.05, 0.1) is 18.5 Å². The van der Waals surface area contributed by atoms with Crippen molar-refractivity contribution in [2.45, 2.75) is 38.3 Å². The number of likely N-dealkylation sites (N-methyl/N-ethyl adjacent to an activating group) is 1. The van der Waals surface area contributed by atoms with E-state index in [4.69, 9.17) is 4.74 Å². The molecule has 3 amide bonds. The van der Waals surface area contributed by atoms with Gasteiger partial charge in [-0.1, -0.05) is 18.2 Å². The number of fused-ring (bicyclic) bond motifs is 1. The predicted octanol–water partition coefficient (Wildman–Crippen LogP) is 2.11. The number of urea groups is 1. The third-order valence-corrected chi connectivity index (χ3v) is 5.00. The van der Waals surface area contributed by atoms with E-state index in [1.807, 2.05) is 56.1 Å². The molecule has 2 heterocycles. The van der Waals surface area contributed by atoms with Crippen LogP contribution in [-0.4, -0.2) is 60.1 Å². The highest BCUT2D eigenvalue weighted by Gasteiger charge is 2.45. The summed E-state index contributed by atoms with van der Waals surface area (Å²) < 4.78 is 5.96. The van der Waals surface area contributed by atoms with Crippen molar-refractivity contribution < 1.29 is 14.3 Å². The van der Waals surface area contributed by atoms with Gasteiger partial charge >= 0.3 is 6.03 Å². The first kappa shape index (κ1) is 17.6. The largest absolute Gasteiger partial charge is 0.486 e. The molecule has 0 saturated carbocycles. The fraction of sp³-hybridized carbons (Fsp3) is 0.579. The standard InChI is InChI=1S/C19H27N3O3/c1-19(2,25-14-8-5-4-6-9-14)13-20-18(24)22-11-7-10-15-16(22)12-21(3)17(15)23/h4-6,8-9,15-16H,7,10-13H2,1-3H3,(H,20,24)/t15-,16-/m1/s1. The molecule has 6 nitrogen and oxygen atoms in total. The third-order valence-electron chi connectivity index (χ3n) is 5.00. The Morgan fingerprint density at radius 1 is 1.32 bits per heavy atom. The molecule has 2 fully saturated rings. The predicted molar refractivity (Wildman–Crippen MR) is 95.4 cm³/mol. The average molecular weight is 345 g/mol. The van der Waals surface area contributed by atoms with Gasteiger partial charge in [0.1, 0.15) is 11.4 Å². The van der Waals surface area contributed by atoms with Crippen molar-refractivity contribution in [3.05, 3.63) is 30.3 Å². The zero-order chi connectivity index (χ0) is 18.0. The number of rotatable bonds is 4. The Morgan fingerprint density at radius 2 is 2.04 bits per heavy atom. The van der Waals surface area contributed by atoms with Gasteiger partial charge in [-0.05, 0) is 38.8 Å². The smallest absolute Gasteiger partial charge is 0.317 e. The second kappa shape index (κ2) is 6.94. The summed E-state index contributed by atoms with van der Waals surface area (Å²) in [6.45, 7) is 5.63. The maximum Gasteiger partial charge on any atom is 0.317 e. The van der Waals surface area contributed by atoms with Crippen LogP contribution in [0.1, 0.15) is 26.7 Å². The number of hydrogen-bond donors (Lipinski definition) is 1. The Bertz CT molecular complexity index is 632. The molecule has 0 unspecified atom stereocenters. The van der Waals surface area contributed by atoms with Crippen molar-refractivity contribution in [3.63, 3.8) is 0 Å². The van der Waals surface area contributed by atoms with E-state index >= 15 is 0 Å². The molecule has 2 aliphatic rings. The molecule has 6 heteroatoms. The summed E-state index contributed by atoms with van der Waals surface area (Å²) in [5.41, 5.74) is -0.519. The molecule has 2 aliphatic heterocycles. The second-order valence-electron chi connectivity index (χ2n) is 7.56. The summed E-state index contributed by atoms with van der Waals surface area (Å²) in [6, 6.07) is 9.47. The summed E-state index contributed by atoms with van der Waals surface area (Å²) in [4.78, 5) is 28.4. The zero-order valence-electron chi connectivity index (χ0n) is 15.2. The summed E-state index contributed by atoms with van der Waals surface area (Å²) in [5, 5.41) is 2.99. The van der Waals surface area contributed by atoms with E-state index in [1.54, 1.807) is 4.90 Å². The fourth-order valence-corrected chi connectivity index (χ4v) is 3.71. The Balaban J connectivity index is 1.57. The molecule has 2 saturated heterocycles. The normalized spacial score (nSPS) is 23.4. The lowest BCUT2D eigenvalue weighted by molar-refractivity contribution is -0.130. The van der Waals surface area contributed by atoms with E-state index in [9.17, 15) is 9.59 Å². The molecule has 0 radical (unpaired) electrons. The van der Waals surface area contributed by atoms with E-state index in [0.717, 1.165) is 18.6 Å². The number of carbonyl (C=O) groups excluding carboxylic acids is 2. The molecule has 0 aliphatic carbocycles. The maximum atomic E-state index is 12.7. The Labute approximate surface area is 149 Å². The molecule has 3 rings (SSSR count). The van der Waals surface area contributed by atoms with Crippen LogP contribution < -0.4 is 10.1 Å². The zero-order valence-corrected chi connectivity index (χ0v) is 15.2. The molecule has 1 N–H and O–H groups in total. The fourth-order valence-electron chi connectivity index (χ4n) is 3.71. The summed E-state index contributed by atoms with van der Waals surface area (Å²) in [6.07, 6.45) is 1.75. The van der Waals surface area contributed by atoms with Gasteiger partial charge in [-0.2, -0.15) is 0 Å². The van der Waals surface area contributed by atoms with Gasteiger partial charge in [-0.15, -0.1) is 0 Å². The third kappa shape index (κ3) is 3.89. The van der Waals surface area contributed by atoms with E-state index in [0.29, 0.717) is 19.6 Å². The van der Waals surface area contributed by atoms with Gasteiger partial charge in [-0.25, -0.2) is 4.79 Å². The second-order valence-corrected chi connectivity index (χ2v) is 7.56. The molecule has 0 bridgehead atoms. The summed E-state index contributed by atoms with van der Waals surface area (Å²) >= 11 is 0. The Kier molecular flexibility index (Phi) is 4.88. The summed E-state index contributed by atoms with van der Waals surface area (Å²) in [5.74, 6) is 0.899. The van der Waals surface area contributed by atoms with Crippen molar-refractivity contribution in [1.82, 2.24) is 15.1 Å². The van der Waals surface area contributed by atoms with Crippen molar-refractivity contribution in [2.24, 2.45) is 5.92 Å².